The standard InChI is InChI=1S/C13H25N3O2S/c1-3-5-7-9-11(17)14-13(19)16-15-12(18)10-8-6-4-2/h3-10H2,1-2H3,(H,15,18)(H2,14,16,17,19). The Hall–Kier alpha value is -1.17. The zero-order valence-electron chi connectivity index (χ0n) is 11.9. The van der Waals surface area contributed by atoms with E-state index in [4.69, 9.17) is 12.2 Å². The summed E-state index contributed by atoms with van der Waals surface area (Å²) in [6.45, 7) is 4.16. The van der Waals surface area contributed by atoms with Gasteiger partial charge in [0.15, 0.2) is 5.11 Å². The molecule has 3 N–H and O–H groups in total. The van der Waals surface area contributed by atoms with Gasteiger partial charge in [0.05, 0.1) is 0 Å². The lowest BCUT2D eigenvalue weighted by molar-refractivity contribution is -0.122. The molecule has 0 heterocycles. The van der Waals surface area contributed by atoms with Crippen LogP contribution in [0.4, 0.5) is 0 Å². The number of hydrazine groups is 1. The number of amides is 2. The lowest BCUT2D eigenvalue weighted by atomic mass is 10.2. The van der Waals surface area contributed by atoms with Crippen molar-refractivity contribution in [2.45, 2.75) is 65.2 Å². The van der Waals surface area contributed by atoms with Crippen LogP contribution in [0.3, 0.4) is 0 Å². The Labute approximate surface area is 120 Å². The van der Waals surface area contributed by atoms with Crippen molar-refractivity contribution in [2.24, 2.45) is 0 Å². The fourth-order valence-corrected chi connectivity index (χ4v) is 1.65. The van der Waals surface area contributed by atoms with Crippen molar-refractivity contribution < 1.29 is 9.59 Å². The van der Waals surface area contributed by atoms with Crippen molar-refractivity contribution in [3.63, 3.8) is 0 Å². The van der Waals surface area contributed by atoms with Crippen LogP contribution >= 0.6 is 12.2 Å². The molecule has 0 aromatic carbocycles. The first kappa shape index (κ1) is 17.8. The number of hydrogen-bond donors (Lipinski definition) is 3. The normalized spacial score (nSPS) is 9.79. The van der Waals surface area contributed by atoms with Crippen LogP contribution in [0.5, 0.6) is 0 Å². The average molecular weight is 287 g/mol. The van der Waals surface area contributed by atoms with Gasteiger partial charge in [-0.1, -0.05) is 39.5 Å². The Morgan fingerprint density at radius 2 is 1.37 bits per heavy atom. The van der Waals surface area contributed by atoms with Gasteiger partial charge >= 0.3 is 0 Å². The van der Waals surface area contributed by atoms with Gasteiger partial charge in [0.25, 0.3) is 0 Å². The molecule has 0 radical (unpaired) electrons. The Balaban J connectivity index is 3.62. The predicted octanol–water partition coefficient (Wildman–Crippen LogP) is 2.17. The van der Waals surface area contributed by atoms with E-state index in [1.54, 1.807) is 0 Å². The van der Waals surface area contributed by atoms with Crippen molar-refractivity contribution in [3.05, 3.63) is 0 Å². The zero-order valence-corrected chi connectivity index (χ0v) is 12.7. The molecule has 0 fully saturated rings. The van der Waals surface area contributed by atoms with Crippen LogP contribution in [0.2, 0.25) is 0 Å². The van der Waals surface area contributed by atoms with Crippen LogP contribution in [0.1, 0.15) is 65.2 Å². The highest BCUT2D eigenvalue weighted by atomic mass is 32.1. The molecule has 0 saturated carbocycles. The van der Waals surface area contributed by atoms with Crippen molar-refractivity contribution in [3.8, 4) is 0 Å². The number of carbonyl (C=O) groups excluding carboxylic acids is 2. The Morgan fingerprint density at radius 3 is 1.89 bits per heavy atom. The Morgan fingerprint density at radius 1 is 0.842 bits per heavy atom. The third kappa shape index (κ3) is 11.6. The molecule has 0 aliphatic heterocycles. The molecule has 0 saturated heterocycles. The summed E-state index contributed by atoms with van der Waals surface area (Å²) in [7, 11) is 0. The number of rotatable bonds is 8. The van der Waals surface area contributed by atoms with Gasteiger partial charge in [-0.2, -0.15) is 0 Å². The molecule has 0 aromatic heterocycles. The predicted molar refractivity (Wildman–Crippen MR) is 80.3 cm³/mol. The van der Waals surface area contributed by atoms with E-state index >= 15 is 0 Å². The largest absolute Gasteiger partial charge is 0.302 e. The van der Waals surface area contributed by atoms with Crippen LogP contribution in [0.25, 0.3) is 0 Å². The second-order valence-corrected chi connectivity index (χ2v) is 4.87. The lowest BCUT2D eigenvalue weighted by Crippen LogP contribution is -2.48. The molecule has 6 heteroatoms. The minimum atomic E-state index is -0.119. The van der Waals surface area contributed by atoms with Gasteiger partial charge in [0, 0.05) is 12.8 Å². The number of thiocarbonyl (C=S) groups is 1. The summed E-state index contributed by atoms with van der Waals surface area (Å²) in [5.74, 6) is -0.234. The maximum atomic E-state index is 11.4. The van der Waals surface area contributed by atoms with Gasteiger partial charge in [0.2, 0.25) is 11.8 Å². The molecule has 0 rings (SSSR count). The van der Waals surface area contributed by atoms with Crippen LogP contribution < -0.4 is 16.2 Å². The molecular weight excluding hydrogens is 262 g/mol. The second-order valence-electron chi connectivity index (χ2n) is 4.46. The number of unbranched alkanes of at least 4 members (excludes halogenated alkanes) is 4. The van der Waals surface area contributed by atoms with Crippen LogP contribution in [-0.4, -0.2) is 16.9 Å². The SMILES string of the molecule is CCCCCC(=O)NNC(=S)NC(=O)CCCCC. The molecule has 0 atom stereocenters. The molecule has 0 bridgehead atoms. The van der Waals surface area contributed by atoms with E-state index in [0.717, 1.165) is 38.5 Å². The molecular formula is C13H25N3O2S. The third-order valence-electron chi connectivity index (χ3n) is 2.58. The molecule has 5 nitrogen and oxygen atoms in total. The van der Waals surface area contributed by atoms with Crippen LogP contribution in [0, 0.1) is 0 Å². The summed E-state index contributed by atoms with van der Waals surface area (Å²) >= 11 is 4.91. The average Bonchev–Trinajstić information content (AvgIpc) is 2.37. The van der Waals surface area contributed by atoms with Crippen molar-refractivity contribution in [1.82, 2.24) is 16.2 Å². The zero-order chi connectivity index (χ0) is 14.5. The van der Waals surface area contributed by atoms with Gasteiger partial charge in [-0.25, -0.2) is 0 Å². The topological polar surface area (TPSA) is 70.2 Å². The van der Waals surface area contributed by atoms with Crippen LogP contribution in [0.15, 0.2) is 0 Å². The van der Waals surface area contributed by atoms with E-state index in [2.05, 4.69) is 30.0 Å². The second kappa shape index (κ2) is 11.9. The minimum Gasteiger partial charge on any atom is -0.302 e. The summed E-state index contributed by atoms with van der Waals surface area (Å²) < 4.78 is 0. The molecule has 0 unspecified atom stereocenters. The van der Waals surface area contributed by atoms with E-state index in [1.807, 2.05) is 0 Å². The van der Waals surface area contributed by atoms with E-state index in [1.165, 1.54) is 0 Å². The number of carbonyl (C=O) groups is 2. The van der Waals surface area contributed by atoms with Crippen molar-refractivity contribution >= 4 is 29.1 Å². The van der Waals surface area contributed by atoms with E-state index in [9.17, 15) is 9.59 Å². The summed E-state index contributed by atoms with van der Waals surface area (Å²) in [6.07, 6.45) is 6.85. The van der Waals surface area contributed by atoms with Crippen LogP contribution in [-0.2, 0) is 9.59 Å². The maximum Gasteiger partial charge on any atom is 0.238 e. The first-order chi connectivity index (χ1) is 9.10. The number of nitrogens with one attached hydrogen (secondary N) is 3. The quantitative estimate of drug-likeness (QED) is 0.363. The van der Waals surface area contributed by atoms with E-state index < -0.39 is 0 Å². The fourth-order valence-electron chi connectivity index (χ4n) is 1.48. The first-order valence-electron chi connectivity index (χ1n) is 6.98. The van der Waals surface area contributed by atoms with E-state index in [-0.39, 0.29) is 16.9 Å². The lowest BCUT2D eigenvalue weighted by Gasteiger charge is -2.10. The van der Waals surface area contributed by atoms with Crippen molar-refractivity contribution in [1.29, 1.82) is 0 Å². The Kier molecular flexibility index (Phi) is 11.2. The third-order valence-corrected chi connectivity index (χ3v) is 2.79. The summed E-state index contributed by atoms with van der Waals surface area (Å²) in [5, 5.41) is 2.67. The molecule has 2 amide bonds. The summed E-state index contributed by atoms with van der Waals surface area (Å²) in [5.41, 5.74) is 5.00. The fraction of sp³-hybridized carbons (Fsp3) is 0.769. The van der Waals surface area contributed by atoms with Gasteiger partial charge in [-0.05, 0) is 25.1 Å². The molecule has 0 aliphatic rings. The highest BCUT2D eigenvalue weighted by Gasteiger charge is 2.05. The van der Waals surface area contributed by atoms with Gasteiger partial charge in [-0.3, -0.25) is 20.4 Å². The highest BCUT2D eigenvalue weighted by Crippen LogP contribution is 1.98. The summed E-state index contributed by atoms with van der Waals surface area (Å²) in [4.78, 5) is 22.8. The van der Waals surface area contributed by atoms with Gasteiger partial charge < -0.3 is 5.32 Å². The van der Waals surface area contributed by atoms with Gasteiger partial charge in [-0.15, -0.1) is 0 Å². The summed E-state index contributed by atoms with van der Waals surface area (Å²) in [6, 6.07) is 0. The molecule has 110 valence electrons. The monoisotopic (exact) mass is 287 g/mol. The Bertz CT molecular complexity index is 296. The number of hydrogen-bond acceptors (Lipinski definition) is 3. The van der Waals surface area contributed by atoms with Crippen molar-refractivity contribution in [2.75, 3.05) is 0 Å². The maximum absolute atomic E-state index is 11.4. The molecule has 19 heavy (non-hydrogen) atoms. The smallest absolute Gasteiger partial charge is 0.238 e. The van der Waals surface area contributed by atoms with E-state index in [0.29, 0.717) is 12.8 Å². The first-order valence-corrected chi connectivity index (χ1v) is 7.39. The molecule has 0 aliphatic carbocycles. The molecule has 0 aromatic rings. The molecule has 0 spiro atoms. The minimum absolute atomic E-state index is 0.115. The highest BCUT2D eigenvalue weighted by molar-refractivity contribution is 7.80. The van der Waals surface area contributed by atoms with Gasteiger partial charge in [0.1, 0.15) is 0 Å².